The lowest BCUT2D eigenvalue weighted by atomic mass is 9.78. The molecule has 6 nitrogen and oxygen atoms in total. The monoisotopic (exact) mass is 444 g/mol. The van der Waals surface area contributed by atoms with Crippen LogP contribution in [0.3, 0.4) is 0 Å². The predicted octanol–water partition coefficient (Wildman–Crippen LogP) is 3.79. The number of nitrogens with zero attached hydrogens (tertiary/aromatic N) is 2. The highest BCUT2D eigenvalue weighted by Gasteiger charge is 2.35. The van der Waals surface area contributed by atoms with Gasteiger partial charge < -0.3 is 25.4 Å². The molecule has 2 atom stereocenters. The topological polar surface area (TPSA) is 69.1 Å². The van der Waals surface area contributed by atoms with Crippen LogP contribution in [0.15, 0.2) is 29.3 Å². The number of ether oxygens (including phenoxy) is 1. The van der Waals surface area contributed by atoms with Gasteiger partial charge in [0.2, 0.25) is 0 Å². The second-order valence-corrected chi connectivity index (χ2v) is 10.4. The standard InChI is InChI=1S/C26H44N4O2/c1-5-27-25(29-18-22-7-6-16-32-24(22)26(2,3)4)28-17-20-8-10-23(11-9-20)30-14-12-21(19-31)13-15-30/h8-11,21-22,24,31H,5-7,12-19H2,1-4H3,(H2,27,28,29). The minimum Gasteiger partial charge on any atom is -0.396 e. The number of benzene rings is 1. The van der Waals surface area contributed by atoms with E-state index in [-0.39, 0.29) is 11.5 Å². The van der Waals surface area contributed by atoms with Gasteiger partial charge in [-0.05, 0) is 61.6 Å². The third-order valence-electron chi connectivity index (χ3n) is 6.77. The average Bonchev–Trinajstić information content (AvgIpc) is 2.81. The summed E-state index contributed by atoms with van der Waals surface area (Å²) >= 11 is 0. The number of guanidine groups is 1. The van der Waals surface area contributed by atoms with E-state index in [4.69, 9.17) is 9.73 Å². The fourth-order valence-electron chi connectivity index (χ4n) is 4.94. The molecule has 2 aliphatic rings. The van der Waals surface area contributed by atoms with Crippen LogP contribution < -0.4 is 15.5 Å². The third-order valence-corrected chi connectivity index (χ3v) is 6.77. The molecule has 3 N–H and O–H groups in total. The Morgan fingerprint density at radius 2 is 1.84 bits per heavy atom. The molecular formula is C26H44N4O2. The maximum Gasteiger partial charge on any atom is 0.191 e. The molecule has 180 valence electrons. The van der Waals surface area contributed by atoms with Crippen molar-refractivity contribution in [2.24, 2.45) is 22.2 Å². The molecule has 32 heavy (non-hydrogen) atoms. The molecule has 2 aliphatic heterocycles. The predicted molar refractivity (Wildman–Crippen MR) is 133 cm³/mol. The summed E-state index contributed by atoms with van der Waals surface area (Å²) in [5.41, 5.74) is 2.63. The molecule has 0 saturated carbocycles. The zero-order valence-corrected chi connectivity index (χ0v) is 20.6. The van der Waals surface area contributed by atoms with Crippen molar-refractivity contribution in [1.82, 2.24) is 10.6 Å². The number of hydrogen-bond donors (Lipinski definition) is 3. The van der Waals surface area contributed by atoms with Crippen molar-refractivity contribution in [3.8, 4) is 0 Å². The SMILES string of the molecule is CCNC(=NCc1ccc(N2CCC(CO)CC2)cc1)NCC1CCCOC1C(C)(C)C. The number of aliphatic hydroxyl groups is 1. The van der Waals surface area contributed by atoms with Crippen LogP contribution in [0.4, 0.5) is 5.69 Å². The number of rotatable bonds is 7. The maximum atomic E-state index is 9.34. The van der Waals surface area contributed by atoms with Crippen molar-refractivity contribution in [2.45, 2.75) is 66.0 Å². The molecule has 0 aromatic heterocycles. The van der Waals surface area contributed by atoms with Gasteiger partial charge in [0.1, 0.15) is 0 Å². The molecule has 0 radical (unpaired) electrons. The Kier molecular flexibility index (Phi) is 9.23. The highest BCUT2D eigenvalue weighted by atomic mass is 16.5. The molecule has 1 aromatic carbocycles. The summed E-state index contributed by atoms with van der Waals surface area (Å²) in [5.74, 6) is 1.85. The van der Waals surface area contributed by atoms with Crippen LogP contribution in [0.5, 0.6) is 0 Å². The zero-order chi connectivity index (χ0) is 23.0. The van der Waals surface area contributed by atoms with Crippen molar-refractivity contribution >= 4 is 11.6 Å². The smallest absolute Gasteiger partial charge is 0.191 e. The Hall–Kier alpha value is -1.79. The summed E-state index contributed by atoms with van der Waals surface area (Å²) in [5, 5.41) is 16.3. The van der Waals surface area contributed by atoms with E-state index in [1.54, 1.807) is 0 Å². The van der Waals surface area contributed by atoms with Gasteiger partial charge in [-0.2, -0.15) is 0 Å². The molecular weight excluding hydrogens is 400 g/mol. The third kappa shape index (κ3) is 7.11. The summed E-state index contributed by atoms with van der Waals surface area (Å²) in [6.45, 7) is 14.6. The Bertz CT molecular complexity index is 706. The first-order valence-electron chi connectivity index (χ1n) is 12.5. The Morgan fingerprint density at radius 1 is 1.12 bits per heavy atom. The molecule has 2 fully saturated rings. The molecule has 0 amide bonds. The van der Waals surface area contributed by atoms with Gasteiger partial charge >= 0.3 is 0 Å². The van der Waals surface area contributed by atoms with Crippen molar-refractivity contribution in [3.63, 3.8) is 0 Å². The largest absolute Gasteiger partial charge is 0.396 e. The first kappa shape index (κ1) is 24.8. The lowest BCUT2D eigenvalue weighted by molar-refractivity contribution is -0.0835. The van der Waals surface area contributed by atoms with Crippen LogP contribution in [0.2, 0.25) is 0 Å². The lowest BCUT2D eigenvalue weighted by Gasteiger charge is -2.40. The Balaban J connectivity index is 1.54. The van der Waals surface area contributed by atoms with Gasteiger partial charge in [-0.1, -0.05) is 32.9 Å². The molecule has 0 spiro atoms. The van der Waals surface area contributed by atoms with E-state index < -0.39 is 0 Å². The number of nitrogens with one attached hydrogen (secondary N) is 2. The zero-order valence-electron chi connectivity index (χ0n) is 20.6. The molecule has 2 saturated heterocycles. The van der Waals surface area contributed by atoms with E-state index in [2.05, 4.69) is 67.5 Å². The molecule has 1 aromatic rings. The van der Waals surface area contributed by atoms with Crippen LogP contribution >= 0.6 is 0 Å². The second-order valence-electron chi connectivity index (χ2n) is 10.4. The van der Waals surface area contributed by atoms with Crippen LogP contribution in [0.25, 0.3) is 0 Å². The summed E-state index contributed by atoms with van der Waals surface area (Å²) < 4.78 is 6.13. The fraction of sp³-hybridized carbons (Fsp3) is 0.731. The van der Waals surface area contributed by atoms with Crippen molar-refractivity contribution in [3.05, 3.63) is 29.8 Å². The number of hydrogen-bond acceptors (Lipinski definition) is 4. The number of piperidine rings is 1. The van der Waals surface area contributed by atoms with Crippen LogP contribution in [0.1, 0.15) is 58.9 Å². The van der Waals surface area contributed by atoms with Crippen molar-refractivity contribution in [1.29, 1.82) is 0 Å². The highest BCUT2D eigenvalue weighted by molar-refractivity contribution is 5.79. The van der Waals surface area contributed by atoms with E-state index in [9.17, 15) is 5.11 Å². The molecule has 6 heteroatoms. The summed E-state index contributed by atoms with van der Waals surface area (Å²) in [6, 6.07) is 8.78. The quantitative estimate of drug-likeness (QED) is 0.441. The first-order valence-corrected chi connectivity index (χ1v) is 12.5. The van der Waals surface area contributed by atoms with E-state index in [1.807, 2.05) is 0 Å². The summed E-state index contributed by atoms with van der Waals surface area (Å²) in [4.78, 5) is 7.25. The normalized spacial score (nSPS) is 23.3. The van der Waals surface area contributed by atoms with Crippen LogP contribution in [0, 0.1) is 17.3 Å². The first-order chi connectivity index (χ1) is 15.4. The Morgan fingerprint density at radius 3 is 2.47 bits per heavy atom. The highest BCUT2D eigenvalue weighted by Crippen LogP contribution is 2.33. The van der Waals surface area contributed by atoms with Gasteiger partial charge in [0.05, 0.1) is 12.6 Å². The molecule has 0 bridgehead atoms. The van der Waals surface area contributed by atoms with Gasteiger partial charge in [-0.3, -0.25) is 0 Å². The van der Waals surface area contributed by atoms with Crippen LogP contribution in [-0.4, -0.2) is 56.6 Å². The van der Waals surface area contributed by atoms with Crippen molar-refractivity contribution < 1.29 is 9.84 Å². The van der Waals surface area contributed by atoms with Gasteiger partial charge in [0, 0.05) is 51.0 Å². The van der Waals surface area contributed by atoms with E-state index in [0.29, 0.717) is 25.0 Å². The minimum atomic E-state index is 0.150. The number of aliphatic hydroxyl groups excluding tert-OH is 1. The summed E-state index contributed by atoms with van der Waals surface area (Å²) in [6.07, 6.45) is 4.76. The number of anilines is 1. The Labute approximate surface area is 194 Å². The van der Waals surface area contributed by atoms with E-state index in [0.717, 1.165) is 58.0 Å². The number of aliphatic imine (C=N–C) groups is 1. The maximum absolute atomic E-state index is 9.34. The van der Waals surface area contributed by atoms with Gasteiger partial charge in [0.15, 0.2) is 5.96 Å². The molecule has 0 aliphatic carbocycles. The minimum absolute atomic E-state index is 0.150. The van der Waals surface area contributed by atoms with Crippen LogP contribution in [-0.2, 0) is 11.3 Å². The summed E-state index contributed by atoms with van der Waals surface area (Å²) in [7, 11) is 0. The van der Waals surface area contributed by atoms with E-state index in [1.165, 1.54) is 17.7 Å². The second kappa shape index (κ2) is 11.9. The fourth-order valence-corrected chi connectivity index (χ4v) is 4.94. The molecule has 3 rings (SSSR count). The van der Waals surface area contributed by atoms with Gasteiger partial charge in [-0.25, -0.2) is 4.99 Å². The van der Waals surface area contributed by atoms with Gasteiger partial charge in [0.25, 0.3) is 0 Å². The molecule has 2 unspecified atom stereocenters. The van der Waals surface area contributed by atoms with E-state index >= 15 is 0 Å². The van der Waals surface area contributed by atoms with Crippen molar-refractivity contribution in [2.75, 3.05) is 44.3 Å². The van der Waals surface area contributed by atoms with Gasteiger partial charge in [-0.15, -0.1) is 0 Å². The lowest BCUT2D eigenvalue weighted by Crippen LogP contribution is -2.47. The average molecular weight is 445 g/mol. The molecule has 2 heterocycles.